The molecular weight excluding hydrogens is 510 g/mol. The number of hydrogen-bond acceptors (Lipinski definition) is 10. The summed E-state index contributed by atoms with van der Waals surface area (Å²) >= 11 is 0. The molecule has 1 rings (SSSR count). The van der Waals surface area contributed by atoms with E-state index in [1.807, 2.05) is 26.1 Å². The fourth-order valence-electron chi connectivity index (χ4n) is 2.73. The molecule has 2 atom stereocenters. The third-order valence-corrected chi connectivity index (χ3v) is 4.28. The Bertz CT molecular complexity index is 712. The third kappa shape index (κ3) is 28.0. The number of amides is 2. The van der Waals surface area contributed by atoms with Crippen LogP contribution in [0.4, 0.5) is 14.4 Å². The number of alkyl carbamates (subject to hydrolysis) is 2. The molecule has 0 aromatic heterocycles. The Hall–Kier alpha value is -2.82. The van der Waals surface area contributed by atoms with E-state index in [4.69, 9.17) is 28.8 Å². The van der Waals surface area contributed by atoms with E-state index in [9.17, 15) is 19.2 Å². The topological polar surface area (TPSA) is 147 Å². The van der Waals surface area contributed by atoms with Crippen LogP contribution in [0.5, 0.6) is 0 Å². The maximum Gasteiger partial charge on any atom is 0.508 e. The normalized spacial score (nSPS) is 18.0. The van der Waals surface area contributed by atoms with E-state index < -0.39 is 29.5 Å². The lowest BCUT2D eigenvalue weighted by Gasteiger charge is -2.22. The predicted molar refractivity (Wildman–Crippen MR) is 147 cm³/mol. The molecular formula is C28H51NO10. The van der Waals surface area contributed by atoms with Gasteiger partial charge in [0.25, 0.3) is 0 Å². The first-order valence-corrected chi connectivity index (χ1v) is 13.4. The molecule has 0 aliphatic carbocycles. The van der Waals surface area contributed by atoms with E-state index in [0.717, 1.165) is 25.7 Å². The molecule has 1 saturated heterocycles. The second-order valence-electron chi connectivity index (χ2n) is 11.4. The van der Waals surface area contributed by atoms with Crippen LogP contribution in [0, 0.1) is 5.92 Å². The molecule has 2 unspecified atom stereocenters. The summed E-state index contributed by atoms with van der Waals surface area (Å²) in [4.78, 5) is 45.1. The third-order valence-electron chi connectivity index (χ3n) is 4.28. The minimum atomic E-state index is -0.809. The van der Waals surface area contributed by atoms with Crippen molar-refractivity contribution < 1.29 is 48.0 Å². The van der Waals surface area contributed by atoms with E-state index in [1.165, 1.54) is 6.08 Å². The van der Waals surface area contributed by atoms with Gasteiger partial charge in [0.15, 0.2) is 0 Å². The Balaban J connectivity index is 0. The van der Waals surface area contributed by atoms with Gasteiger partial charge in [-0.15, -0.1) is 0 Å². The SMILES string of the molecule is C=CCOC(=O)OC1CCCCCC(=O)OC(C)C1.CC(C)(C)OC(=O)NC(=O)OC(C)(C)C.CC(C)CO. The minimum absolute atomic E-state index is 0.135. The van der Waals surface area contributed by atoms with Crippen molar-refractivity contribution in [1.29, 1.82) is 0 Å². The first kappa shape index (κ1) is 38.3. The highest BCUT2D eigenvalue weighted by Crippen LogP contribution is 2.18. The second-order valence-corrected chi connectivity index (χ2v) is 11.4. The zero-order valence-corrected chi connectivity index (χ0v) is 25.3. The zero-order chi connectivity index (χ0) is 30.6. The molecule has 1 heterocycles. The molecule has 11 nitrogen and oxygen atoms in total. The number of imide groups is 1. The van der Waals surface area contributed by atoms with Gasteiger partial charge in [0.1, 0.15) is 30.0 Å². The van der Waals surface area contributed by atoms with Crippen molar-refractivity contribution in [3.63, 3.8) is 0 Å². The van der Waals surface area contributed by atoms with E-state index in [1.54, 1.807) is 41.5 Å². The van der Waals surface area contributed by atoms with Gasteiger partial charge in [-0.05, 0) is 73.6 Å². The molecule has 0 saturated carbocycles. The fourth-order valence-corrected chi connectivity index (χ4v) is 2.73. The summed E-state index contributed by atoms with van der Waals surface area (Å²) < 4.78 is 25.0. The van der Waals surface area contributed by atoms with Crippen molar-refractivity contribution in [2.24, 2.45) is 5.92 Å². The van der Waals surface area contributed by atoms with Gasteiger partial charge < -0.3 is 28.8 Å². The van der Waals surface area contributed by atoms with Crippen molar-refractivity contribution in [1.82, 2.24) is 5.32 Å². The summed E-state index contributed by atoms with van der Waals surface area (Å²) in [5, 5.41) is 10.1. The van der Waals surface area contributed by atoms with Gasteiger partial charge in [0.2, 0.25) is 0 Å². The summed E-state index contributed by atoms with van der Waals surface area (Å²) in [6.07, 6.45) is 3.09. The summed E-state index contributed by atoms with van der Waals surface area (Å²) in [5.74, 6) is 0.261. The van der Waals surface area contributed by atoms with Gasteiger partial charge in [-0.2, -0.15) is 0 Å². The standard InChI is InChI=1S/C14H22O5.C10H19NO4.C4H10O/c1-3-9-17-14(16)19-12-7-5-4-6-8-13(15)18-11(2)10-12;1-9(2,3)14-7(12)11-8(13)15-10(4,5)6;1-4(2)3-5/h3,11-12H,1,4-10H2,2H3;1-6H3,(H,11,12,13);4-5H,3H2,1-2H3. The lowest BCUT2D eigenvalue weighted by Crippen LogP contribution is -2.39. The molecule has 1 aliphatic rings. The average molecular weight is 562 g/mol. The Labute approximate surface area is 233 Å². The monoisotopic (exact) mass is 561 g/mol. The lowest BCUT2D eigenvalue weighted by molar-refractivity contribution is -0.150. The van der Waals surface area contributed by atoms with Crippen LogP contribution in [-0.4, -0.2) is 66.0 Å². The van der Waals surface area contributed by atoms with Crippen molar-refractivity contribution in [3.8, 4) is 0 Å². The maximum absolute atomic E-state index is 11.4. The highest BCUT2D eigenvalue weighted by atomic mass is 16.7. The van der Waals surface area contributed by atoms with Gasteiger partial charge in [0.05, 0.1) is 0 Å². The van der Waals surface area contributed by atoms with Crippen LogP contribution >= 0.6 is 0 Å². The molecule has 0 spiro atoms. The van der Waals surface area contributed by atoms with Crippen LogP contribution in [0.25, 0.3) is 0 Å². The molecule has 2 amide bonds. The number of carbonyl (C=O) groups excluding carboxylic acids is 4. The van der Waals surface area contributed by atoms with Crippen molar-refractivity contribution in [2.45, 2.75) is 124 Å². The molecule has 0 aromatic rings. The fraction of sp³-hybridized carbons (Fsp3) is 0.786. The van der Waals surface area contributed by atoms with Crippen molar-refractivity contribution in [3.05, 3.63) is 12.7 Å². The Morgan fingerprint density at radius 2 is 1.56 bits per heavy atom. The molecule has 228 valence electrons. The number of esters is 1. The number of aliphatic hydroxyl groups is 1. The number of aliphatic hydroxyl groups excluding tert-OH is 1. The van der Waals surface area contributed by atoms with Gasteiger partial charge >= 0.3 is 24.3 Å². The molecule has 0 bridgehead atoms. The van der Waals surface area contributed by atoms with E-state index >= 15 is 0 Å². The number of carbonyl (C=O) groups is 4. The molecule has 1 aliphatic heterocycles. The van der Waals surface area contributed by atoms with Crippen molar-refractivity contribution in [2.75, 3.05) is 13.2 Å². The molecule has 1 fully saturated rings. The summed E-state index contributed by atoms with van der Waals surface area (Å²) in [5.41, 5.74) is -1.27. The molecule has 0 radical (unpaired) electrons. The van der Waals surface area contributed by atoms with Gasteiger partial charge in [0, 0.05) is 19.4 Å². The molecule has 11 heteroatoms. The number of cyclic esters (lactones) is 1. The highest BCUT2D eigenvalue weighted by molar-refractivity contribution is 5.87. The maximum atomic E-state index is 11.4. The highest BCUT2D eigenvalue weighted by Gasteiger charge is 2.23. The van der Waals surface area contributed by atoms with Crippen LogP contribution in [0.3, 0.4) is 0 Å². The zero-order valence-electron chi connectivity index (χ0n) is 25.3. The van der Waals surface area contributed by atoms with Gasteiger partial charge in [-0.3, -0.25) is 4.79 Å². The quantitative estimate of drug-likeness (QED) is 0.236. The lowest BCUT2D eigenvalue weighted by atomic mass is 10.0. The Morgan fingerprint density at radius 1 is 1.05 bits per heavy atom. The van der Waals surface area contributed by atoms with Crippen LogP contribution in [0.15, 0.2) is 12.7 Å². The predicted octanol–water partition coefficient (Wildman–Crippen LogP) is 6.06. The molecule has 2 N–H and O–H groups in total. The first-order valence-electron chi connectivity index (χ1n) is 13.4. The van der Waals surface area contributed by atoms with Gasteiger partial charge in [-0.1, -0.05) is 32.9 Å². The number of nitrogens with one attached hydrogen (secondary N) is 1. The van der Waals surface area contributed by atoms with Crippen molar-refractivity contribution >= 4 is 24.3 Å². The summed E-state index contributed by atoms with van der Waals surface area (Å²) in [6.45, 7) is 19.9. The molecule has 0 aromatic carbocycles. The minimum Gasteiger partial charge on any atom is -0.463 e. The summed E-state index contributed by atoms with van der Waals surface area (Å²) in [6, 6.07) is 0. The first-order chi connectivity index (χ1) is 17.9. The number of rotatable bonds is 4. The number of ether oxygens (including phenoxy) is 5. The Kier molecular flexibility index (Phi) is 19.8. The van der Waals surface area contributed by atoms with Crippen LogP contribution < -0.4 is 5.32 Å². The second kappa shape index (κ2) is 20.1. The van der Waals surface area contributed by atoms with Gasteiger partial charge in [-0.25, -0.2) is 19.7 Å². The Morgan fingerprint density at radius 3 is 2.00 bits per heavy atom. The molecule has 39 heavy (non-hydrogen) atoms. The largest absolute Gasteiger partial charge is 0.508 e. The van der Waals surface area contributed by atoms with Crippen LogP contribution in [-0.2, 0) is 28.5 Å². The van der Waals surface area contributed by atoms with Crippen LogP contribution in [0.1, 0.15) is 101 Å². The van der Waals surface area contributed by atoms with E-state index in [0.29, 0.717) is 25.4 Å². The van der Waals surface area contributed by atoms with Crippen LogP contribution in [0.2, 0.25) is 0 Å². The average Bonchev–Trinajstić information content (AvgIpc) is 2.75. The number of hydrogen-bond donors (Lipinski definition) is 2. The smallest absolute Gasteiger partial charge is 0.463 e. The summed E-state index contributed by atoms with van der Waals surface area (Å²) in [7, 11) is 0. The van der Waals surface area contributed by atoms with E-state index in [2.05, 4.69) is 6.58 Å². The van der Waals surface area contributed by atoms with E-state index in [-0.39, 0.29) is 24.8 Å².